The molecule has 31 heavy (non-hydrogen) atoms. The Bertz CT molecular complexity index is 873. The number of nitrogens with one attached hydrogen (secondary N) is 2. The van der Waals surface area contributed by atoms with Crippen LogP contribution in [0.2, 0.25) is 0 Å². The Morgan fingerprint density at radius 1 is 1.16 bits per heavy atom. The molecule has 2 heterocycles. The number of benzene rings is 1. The molecule has 0 fully saturated rings. The number of aromatic nitrogens is 3. The monoisotopic (exact) mass is 432 g/mol. The number of fused-ring (bicyclic) bond motifs is 1. The summed E-state index contributed by atoms with van der Waals surface area (Å²) in [5, 5.41) is 11.4. The molecule has 1 unspecified atom stereocenters. The Labute approximate surface area is 183 Å². The van der Waals surface area contributed by atoms with E-state index < -0.39 is 0 Å². The number of ether oxygens (including phenoxy) is 4. The van der Waals surface area contributed by atoms with E-state index in [9.17, 15) is 0 Å². The molecule has 0 amide bonds. The maximum Gasteiger partial charge on any atom is 0.191 e. The molecular weight excluding hydrogens is 400 g/mol. The standard InChI is InChI=1S/C21H32N6O4/c1-6-22-21(23-11-16-17(30-4)9-15(29-3)10-18(16)31-5)24-14-7-8-20-25-19(13-28-2)26-27(20)12-14/h9-10,14H,6-8,11-13H2,1-5H3,(H2,22,23,24). The minimum atomic E-state index is 0.196. The molecule has 0 saturated carbocycles. The van der Waals surface area contributed by atoms with Gasteiger partial charge in [-0.1, -0.05) is 0 Å². The van der Waals surface area contributed by atoms with Crippen molar-refractivity contribution in [2.75, 3.05) is 35.0 Å². The van der Waals surface area contributed by atoms with E-state index in [0.29, 0.717) is 30.4 Å². The first-order chi connectivity index (χ1) is 15.1. The van der Waals surface area contributed by atoms with Gasteiger partial charge in [-0.25, -0.2) is 14.7 Å². The number of aryl methyl sites for hydroxylation is 1. The van der Waals surface area contributed by atoms with Gasteiger partial charge in [-0.05, 0) is 13.3 Å². The second kappa shape index (κ2) is 10.9. The van der Waals surface area contributed by atoms with Gasteiger partial charge in [-0.3, -0.25) is 0 Å². The summed E-state index contributed by atoms with van der Waals surface area (Å²) in [4.78, 5) is 9.30. The molecule has 1 aromatic carbocycles. The van der Waals surface area contributed by atoms with Gasteiger partial charge in [0, 0.05) is 38.2 Å². The van der Waals surface area contributed by atoms with Gasteiger partial charge >= 0.3 is 0 Å². The lowest BCUT2D eigenvalue weighted by atomic mass is 10.1. The van der Waals surface area contributed by atoms with E-state index in [1.165, 1.54) is 0 Å². The Morgan fingerprint density at radius 3 is 2.52 bits per heavy atom. The molecule has 1 aliphatic rings. The minimum Gasteiger partial charge on any atom is -0.496 e. The Morgan fingerprint density at radius 2 is 1.90 bits per heavy atom. The first-order valence-electron chi connectivity index (χ1n) is 10.4. The van der Waals surface area contributed by atoms with Gasteiger partial charge in [0.25, 0.3) is 0 Å². The van der Waals surface area contributed by atoms with Crippen LogP contribution in [0.25, 0.3) is 0 Å². The van der Waals surface area contributed by atoms with Crippen LogP contribution < -0.4 is 24.8 Å². The zero-order valence-corrected chi connectivity index (χ0v) is 18.9. The number of guanidine groups is 1. The van der Waals surface area contributed by atoms with Gasteiger partial charge in [0.05, 0.1) is 40.0 Å². The SMILES string of the molecule is CCNC(=NCc1c(OC)cc(OC)cc1OC)NC1CCc2nc(COC)nn2C1. The lowest BCUT2D eigenvalue weighted by Gasteiger charge is -2.25. The van der Waals surface area contributed by atoms with Crippen LogP contribution in [0.15, 0.2) is 17.1 Å². The third-order valence-corrected chi connectivity index (χ3v) is 5.07. The van der Waals surface area contributed by atoms with E-state index in [1.807, 2.05) is 23.7 Å². The summed E-state index contributed by atoms with van der Waals surface area (Å²) in [6.07, 6.45) is 1.80. The van der Waals surface area contributed by atoms with Crippen molar-refractivity contribution in [3.8, 4) is 17.2 Å². The zero-order chi connectivity index (χ0) is 22.2. The van der Waals surface area contributed by atoms with Crippen molar-refractivity contribution in [3.05, 3.63) is 29.3 Å². The van der Waals surface area contributed by atoms with Crippen LogP contribution in [-0.2, 0) is 30.9 Å². The highest BCUT2D eigenvalue weighted by molar-refractivity contribution is 5.80. The van der Waals surface area contributed by atoms with Crippen LogP contribution in [-0.4, -0.2) is 61.7 Å². The second-order valence-corrected chi connectivity index (χ2v) is 7.14. The van der Waals surface area contributed by atoms with Gasteiger partial charge in [-0.15, -0.1) is 0 Å². The van der Waals surface area contributed by atoms with Crippen LogP contribution >= 0.6 is 0 Å². The molecule has 0 radical (unpaired) electrons. The van der Waals surface area contributed by atoms with Crippen molar-refractivity contribution in [3.63, 3.8) is 0 Å². The summed E-state index contributed by atoms with van der Waals surface area (Å²) in [5.41, 5.74) is 0.856. The molecule has 170 valence electrons. The molecule has 2 aromatic rings. The minimum absolute atomic E-state index is 0.196. The quantitative estimate of drug-likeness (QED) is 0.454. The van der Waals surface area contributed by atoms with Crippen molar-refractivity contribution in [1.29, 1.82) is 0 Å². The second-order valence-electron chi connectivity index (χ2n) is 7.14. The van der Waals surface area contributed by atoms with Crippen molar-refractivity contribution in [1.82, 2.24) is 25.4 Å². The topological polar surface area (TPSA) is 104 Å². The number of rotatable bonds is 9. The van der Waals surface area contributed by atoms with Gasteiger partial charge in [0.2, 0.25) is 0 Å². The Kier molecular flexibility index (Phi) is 7.94. The number of aliphatic imine (C=N–C) groups is 1. The average Bonchev–Trinajstić information content (AvgIpc) is 3.18. The fourth-order valence-electron chi connectivity index (χ4n) is 3.57. The first-order valence-corrected chi connectivity index (χ1v) is 10.4. The summed E-state index contributed by atoms with van der Waals surface area (Å²) >= 11 is 0. The van der Waals surface area contributed by atoms with Gasteiger partial charge in [0.1, 0.15) is 29.7 Å². The van der Waals surface area contributed by atoms with Crippen LogP contribution in [0.1, 0.15) is 30.6 Å². The molecule has 0 aliphatic carbocycles. The fourth-order valence-corrected chi connectivity index (χ4v) is 3.57. The summed E-state index contributed by atoms with van der Waals surface area (Å²) in [6, 6.07) is 3.86. The zero-order valence-electron chi connectivity index (χ0n) is 18.9. The van der Waals surface area contributed by atoms with E-state index in [4.69, 9.17) is 23.9 Å². The van der Waals surface area contributed by atoms with Crippen LogP contribution in [0.5, 0.6) is 17.2 Å². The molecule has 10 heteroatoms. The predicted molar refractivity (Wildman–Crippen MR) is 117 cm³/mol. The summed E-state index contributed by atoms with van der Waals surface area (Å²) < 4.78 is 23.5. The molecule has 3 rings (SSSR count). The maximum atomic E-state index is 5.53. The highest BCUT2D eigenvalue weighted by Gasteiger charge is 2.22. The maximum absolute atomic E-state index is 5.53. The number of hydrogen-bond donors (Lipinski definition) is 2. The Hall–Kier alpha value is -3.01. The van der Waals surface area contributed by atoms with E-state index in [2.05, 4.69) is 20.7 Å². The molecule has 2 N–H and O–H groups in total. The molecule has 1 aliphatic heterocycles. The average molecular weight is 433 g/mol. The Balaban J connectivity index is 1.74. The molecular formula is C21H32N6O4. The predicted octanol–water partition coefficient (Wildman–Crippen LogP) is 1.52. The number of hydrogen-bond acceptors (Lipinski definition) is 7. The van der Waals surface area contributed by atoms with Crippen molar-refractivity contribution < 1.29 is 18.9 Å². The lowest BCUT2D eigenvalue weighted by Crippen LogP contribution is -2.47. The molecule has 0 bridgehead atoms. The van der Waals surface area contributed by atoms with Gasteiger partial charge in [-0.2, -0.15) is 5.10 Å². The van der Waals surface area contributed by atoms with E-state index >= 15 is 0 Å². The van der Waals surface area contributed by atoms with Gasteiger partial charge < -0.3 is 29.6 Å². The summed E-state index contributed by atoms with van der Waals surface area (Å²) in [7, 11) is 6.51. The van der Waals surface area contributed by atoms with Crippen molar-refractivity contribution in [2.24, 2.45) is 4.99 Å². The summed E-state index contributed by atoms with van der Waals surface area (Å²) in [6.45, 7) is 4.34. The highest BCUT2D eigenvalue weighted by Crippen LogP contribution is 2.34. The molecule has 10 nitrogen and oxygen atoms in total. The van der Waals surface area contributed by atoms with Crippen molar-refractivity contribution in [2.45, 2.75) is 45.5 Å². The molecule has 1 aromatic heterocycles. The number of methoxy groups -OCH3 is 4. The third-order valence-electron chi connectivity index (χ3n) is 5.07. The third kappa shape index (κ3) is 5.57. The lowest BCUT2D eigenvalue weighted by molar-refractivity contribution is 0.177. The van der Waals surface area contributed by atoms with Crippen LogP contribution in [0.4, 0.5) is 0 Å². The smallest absolute Gasteiger partial charge is 0.191 e. The van der Waals surface area contributed by atoms with E-state index in [0.717, 1.165) is 49.1 Å². The fraction of sp³-hybridized carbons (Fsp3) is 0.571. The van der Waals surface area contributed by atoms with E-state index in [-0.39, 0.29) is 6.04 Å². The first kappa shape index (κ1) is 22.7. The van der Waals surface area contributed by atoms with Crippen LogP contribution in [0, 0.1) is 0 Å². The van der Waals surface area contributed by atoms with Crippen molar-refractivity contribution >= 4 is 5.96 Å². The molecule has 0 spiro atoms. The molecule has 0 saturated heterocycles. The molecule has 1 atom stereocenters. The summed E-state index contributed by atoms with van der Waals surface area (Å²) in [5.74, 6) is 4.47. The normalized spacial score (nSPS) is 15.9. The van der Waals surface area contributed by atoms with Crippen LogP contribution in [0.3, 0.4) is 0 Å². The van der Waals surface area contributed by atoms with Gasteiger partial charge in [0.15, 0.2) is 11.8 Å². The number of nitrogens with zero attached hydrogens (tertiary/aromatic N) is 4. The largest absolute Gasteiger partial charge is 0.496 e. The van der Waals surface area contributed by atoms with E-state index in [1.54, 1.807) is 28.4 Å². The highest BCUT2D eigenvalue weighted by atomic mass is 16.5.